The minimum absolute atomic E-state index is 0.151. The lowest BCUT2D eigenvalue weighted by Crippen LogP contribution is -2.34. The molecular formula is C16H26N4. The Hall–Kier alpha value is -1.55. The van der Waals surface area contributed by atoms with Crippen LogP contribution in [0.1, 0.15) is 51.9 Å². The van der Waals surface area contributed by atoms with Crippen LogP contribution in [0, 0.1) is 0 Å². The molecule has 0 amide bonds. The first-order chi connectivity index (χ1) is 9.35. The van der Waals surface area contributed by atoms with Crippen molar-refractivity contribution in [3.63, 3.8) is 0 Å². The molecule has 0 spiro atoms. The van der Waals surface area contributed by atoms with Gasteiger partial charge in [0.1, 0.15) is 0 Å². The molecule has 0 aliphatic carbocycles. The van der Waals surface area contributed by atoms with Crippen LogP contribution < -0.4 is 5.32 Å². The molecule has 0 aromatic carbocycles. The summed E-state index contributed by atoms with van der Waals surface area (Å²) in [7, 11) is 0. The third-order valence-corrected chi connectivity index (χ3v) is 3.28. The summed E-state index contributed by atoms with van der Waals surface area (Å²) < 4.78 is 4.43. The largest absolute Gasteiger partial charge is 0.348 e. The van der Waals surface area contributed by atoms with Gasteiger partial charge in [0, 0.05) is 36.7 Å². The lowest BCUT2D eigenvalue weighted by molar-refractivity contribution is 0.424. The maximum Gasteiger partial charge on any atom is 0.0951 e. The molecule has 4 heteroatoms. The van der Waals surface area contributed by atoms with E-state index in [9.17, 15) is 0 Å². The summed E-state index contributed by atoms with van der Waals surface area (Å²) in [6.45, 7) is 12.7. The Morgan fingerprint density at radius 3 is 2.70 bits per heavy atom. The molecule has 0 aliphatic heterocycles. The van der Waals surface area contributed by atoms with Gasteiger partial charge in [-0.25, -0.2) is 4.98 Å². The van der Waals surface area contributed by atoms with Crippen molar-refractivity contribution < 1.29 is 0 Å². The fourth-order valence-corrected chi connectivity index (χ4v) is 2.17. The SMILES string of the molecule is CC(C)n1cncc1Cn1ccc(CNC(C)(C)C)c1. The maximum atomic E-state index is 4.25. The summed E-state index contributed by atoms with van der Waals surface area (Å²) >= 11 is 0. The Bertz CT molecular complexity index is 543. The highest BCUT2D eigenvalue weighted by atomic mass is 15.1. The van der Waals surface area contributed by atoms with Gasteiger partial charge in [0.15, 0.2) is 0 Å². The van der Waals surface area contributed by atoms with Crippen LogP contribution in [0.2, 0.25) is 0 Å². The quantitative estimate of drug-likeness (QED) is 0.908. The molecule has 0 radical (unpaired) electrons. The predicted octanol–water partition coefficient (Wildman–Crippen LogP) is 3.20. The summed E-state index contributed by atoms with van der Waals surface area (Å²) in [4.78, 5) is 4.25. The number of nitrogens with zero attached hydrogens (tertiary/aromatic N) is 3. The molecule has 0 saturated carbocycles. The van der Waals surface area contributed by atoms with Crippen LogP contribution in [0.5, 0.6) is 0 Å². The van der Waals surface area contributed by atoms with Crippen LogP contribution in [-0.4, -0.2) is 19.7 Å². The topological polar surface area (TPSA) is 34.8 Å². The molecule has 0 fully saturated rings. The van der Waals surface area contributed by atoms with E-state index in [0.717, 1.165) is 13.1 Å². The first-order valence-corrected chi connectivity index (χ1v) is 7.25. The van der Waals surface area contributed by atoms with Crippen molar-refractivity contribution in [2.24, 2.45) is 0 Å². The van der Waals surface area contributed by atoms with E-state index >= 15 is 0 Å². The number of aromatic nitrogens is 3. The number of hydrogen-bond donors (Lipinski definition) is 1. The highest BCUT2D eigenvalue weighted by Crippen LogP contribution is 2.12. The predicted molar refractivity (Wildman–Crippen MR) is 82.7 cm³/mol. The third kappa shape index (κ3) is 3.97. The lowest BCUT2D eigenvalue weighted by Gasteiger charge is -2.19. The smallest absolute Gasteiger partial charge is 0.0951 e. The molecule has 2 rings (SSSR count). The number of hydrogen-bond acceptors (Lipinski definition) is 2. The van der Waals surface area contributed by atoms with Gasteiger partial charge in [0.2, 0.25) is 0 Å². The minimum atomic E-state index is 0.151. The molecular weight excluding hydrogens is 248 g/mol. The van der Waals surface area contributed by atoms with Crippen LogP contribution in [0.15, 0.2) is 31.0 Å². The van der Waals surface area contributed by atoms with Crippen molar-refractivity contribution in [3.8, 4) is 0 Å². The standard InChI is InChI=1S/C16H26N4/c1-13(2)20-12-17-9-15(20)11-19-7-6-14(10-19)8-18-16(3,4)5/h6-7,9-10,12-13,18H,8,11H2,1-5H3. The zero-order valence-corrected chi connectivity index (χ0v) is 13.2. The fraction of sp³-hybridized carbons (Fsp3) is 0.562. The summed E-state index contributed by atoms with van der Waals surface area (Å²) in [5.74, 6) is 0. The van der Waals surface area contributed by atoms with E-state index in [1.165, 1.54) is 11.3 Å². The molecule has 2 heterocycles. The third-order valence-electron chi connectivity index (χ3n) is 3.28. The highest BCUT2D eigenvalue weighted by molar-refractivity contribution is 5.12. The van der Waals surface area contributed by atoms with Gasteiger partial charge >= 0.3 is 0 Å². The Labute approximate surface area is 121 Å². The number of rotatable bonds is 5. The van der Waals surface area contributed by atoms with E-state index in [1.54, 1.807) is 0 Å². The molecule has 2 aromatic heterocycles. The zero-order valence-electron chi connectivity index (χ0n) is 13.2. The van der Waals surface area contributed by atoms with Crippen LogP contribution in [0.25, 0.3) is 0 Å². The summed E-state index contributed by atoms with van der Waals surface area (Å²) in [5, 5.41) is 3.51. The normalized spacial score (nSPS) is 12.3. The van der Waals surface area contributed by atoms with Gasteiger partial charge in [-0.1, -0.05) is 0 Å². The van der Waals surface area contributed by atoms with E-state index in [2.05, 4.69) is 72.5 Å². The van der Waals surface area contributed by atoms with Gasteiger partial charge in [-0.3, -0.25) is 0 Å². The van der Waals surface area contributed by atoms with Crippen LogP contribution in [0.3, 0.4) is 0 Å². The van der Waals surface area contributed by atoms with Crippen molar-refractivity contribution in [1.29, 1.82) is 0 Å². The second kappa shape index (κ2) is 5.83. The molecule has 0 atom stereocenters. The summed E-state index contributed by atoms with van der Waals surface area (Å²) in [6, 6.07) is 2.62. The molecule has 0 unspecified atom stereocenters. The molecule has 0 saturated heterocycles. The van der Waals surface area contributed by atoms with Gasteiger partial charge < -0.3 is 14.5 Å². The molecule has 1 N–H and O–H groups in total. The van der Waals surface area contributed by atoms with Crippen molar-refractivity contribution in [2.45, 2.75) is 59.3 Å². The van der Waals surface area contributed by atoms with E-state index in [1.807, 2.05) is 12.5 Å². The maximum absolute atomic E-state index is 4.25. The molecule has 20 heavy (non-hydrogen) atoms. The van der Waals surface area contributed by atoms with Crippen LogP contribution in [-0.2, 0) is 13.1 Å². The second-order valence-corrected chi connectivity index (χ2v) is 6.68. The van der Waals surface area contributed by atoms with Gasteiger partial charge in [-0.2, -0.15) is 0 Å². The van der Waals surface area contributed by atoms with Crippen molar-refractivity contribution in [1.82, 2.24) is 19.4 Å². The molecule has 110 valence electrons. The van der Waals surface area contributed by atoms with E-state index in [-0.39, 0.29) is 5.54 Å². The minimum Gasteiger partial charge on any atom is -0.348 e. The Kier molecular flexibility index (Phi) is 4.33. The van der Waals surface area contributed by atoms with Gasteiger partial charge in [0.05, 0.1) is 18.6 Å². The monoisotopic (exact) mass is 274 g/mol. The molecule has 2 aromatic rings. The lowest BCUT2D eigenvalue weighted by atomic mass is 10.1. The Morgan fingerprint density at radius 2 is 2.05 bits per heavy atom. The Balaban J connectivity index is 2.01. The van der Waals surface area contributed by atoms with Crippen LogP contribution in [0.4, 0.5) is 0 Å². The van der Waals surface area contributed by atoms with E-state index < -0.39 is 0 Å². The number of imidazole rings is 1. The first kappa shape index (κ1) is 14.9. The van der Waals surface area contributed by atoms with E-state index in [0.29, 0.717) is 6.04 Å². The molecule has 0 bridgehead atoms. The second-order valence-electron chi connectivity index (χ2n) is 6.68. The highest BCUT2D eigenvalue weighted by Gasteiger charge is 2.10. The van der Waals surface area contributed by atoms with Crippen molar-refractivity contribution in [3.05, 3.63) is 42.2 Å². The van der Waals surface area contributed by atoms with Gasteiger partial charge in [-0.15, -0.1) is 0 Å². The van der Waals surface area contributed by atoms with Gasteiger partial charge in [0.25, 0.3) is 0 Å². The zero-order chi connectivity index (χ0) is 14.8. The number of nitrogens with one attached hydrogen (secondary N) is 1. The van der Waals surface area contributed by atoms with E-state index in [4.69, 9.17) is 0 Å². The van der Waals surface area contributed by atoms with Crippen molar-refractivity contribution in [2.75, 3.05) is 0 Å². The summed E-state index contributed by atoms with van der Waals surface area (Å²) in [6.07, 6.45) is 8.20. The fourth-order valence-electron chi connectivity index (χ4n) is 2.17. The first-order valence-electron chi connectivity index (χ1n) is 7.25. The van der Waals surface area contributed by atoms with Crippen LogP contribution >= 0.6 is 0 Å². The average Bonchev–Trinajstić information content (AvgIpc) is 2.95. The molecule has 0 aliphatic rings. The Morgan fingerprint density at radius 1 is 1.30 bits per heavy atom. The molecule has 4 nitrogen and oxygen atoms in total. The average molecular weight is 274 g/mol. The van der Waals surface area contributed by atoms with Crippen molar-refractivity contribution >= 4 is 0 Å². The summed E-state index contributed by atoms with van der Waals surface area (Å²) in [5.41, 5.74) is 2.71. The van der Waals surface area contributed by atoms with Gasteiger partial charge in [-0.05, 0) is 46.2 Å².